The molecule has 0 saturated carbocycles. The highest BCUT2D eigenvalue weighted by atomic mass is 16.3. The number of nitrogens with zero attached hydrogens (tertiary/aromatic N) is 3. The van der Waals surface area contributed by atoms with Crippen molar-refractivity contribution in [1.82, 2.24) is 15.1 Å². The van der Waals surface area contributed by atoms with Gasteiger partial charge in [-0.15, -0.1) is 0 Å². The first-order valence-electron chi connectivity index (χ1n) is 8.97. The smallest absolute Gasteiger partial charge is 0.235 e. The molecule has 0 aromatic rings. The normalized spacial score (nSPS) is 20.6. The molecule has 138 valence electrons. The minimum Gasteiger partial charge on any atom is -0.392 e. The van der Waals surface area contributed by atoms with Gasteiger partial charge < -0.3 is 15.3 Å². The van der Waals surface area contributed by atoms with Crippen LogP contribution in [0.4, 0.5) is 0 Å². The average molecular weight is 338 g/mol. The van der Waals surface area contributed by atoms with Crippen molar-refractivity contribution in [2.75, 3.05) is 39.8 Å². The van der Waals surface area contributed by atoms with Gasteiger partial charge in [-0.25, -0.2) is 0 Å². The molecule has 6 nitrogen and oxygen atoms in total. The molecule has 0 aromatic carbocycles. The number of carbonyl (C=O) groups is 1. The van der Waals surface area contributed by atoms with Gasteiger partial charge in [-0.1, -0.05) is 13.8 Å². The predicted molar refractivity (Wildman–Crippen MR) is 95.3 cm³/mol. The molecule has 1 aliphatic heterocycles. The molecule has 6 heteroatoms. The molecule has 0 radical (unpaired) electrons. The molecule has 2 N–H and O–H groups in total. The minimum absolute atomic E-state index is 0.0648. The van der Waals surface area contributed by atoms with Gasteiger partial charge in [0.2, 0.25) is 5.91 Å². The summed E-state index contributed by atoms with van der Waals surface area (Å²) < 4.78 is 0. The van der Waals surface area contributed by atoms with Gasteiger partial charge in [0.1, 0.15) is 5.54 Å². The molecule has 0 aromatic heterocycles. The van der Waals surface area contributed by atoms with Crippen molar-refractivity contribution >= 4 is 5.91 Å². The van der Waals surface area contributed by atoms with Crippen LogP contribution in [0.15, 0.2) is 0 Å². The zero-order valence-electron chi connectivity index (χ0n) is 15.9. The second-order valence-corrected chi connectivity index (χ2v) is 7.81. The van der Waals surface area contributed by atoms with Gasteiger partial charge in [0.15, 0.2) is 0 Å². The topological polar surface area (TPSA) is 79.6 Å². The summed E-state index contributed by atoms with van der Waals surface area (Å²) in [6, 6.07) is 2.21. The number of rotatable bonds is 8. The van der Waals surface area contributed by atoms with Crippen LogP contribution in [0.1, 0.15) is 40.5 Å². The third kappa shape index (κ3) is 6.76. The summed E-state index contributed by atoms with van der Waals surface area (Å²) in [6.07, 6.45) is 1.92. The van der Waals surface area contributed by atoms with Gasteiger partial charge in [-0.3, -0.25) is 9.69 Å². The number of amides is 1. The fourth-order valence-electron chi connectivity index (χ4n) is 3.11. The Hall–Kier alpha value is -1.16. The van der Waals surface area contributed by atoms with Crippen molar-refractivity contribution in [3.05, 3.63) is 0 Å². The van der Waals surface area contributed by atoms with Crippen LogP contribution in [0.25, 0.3) is 0 Å². The predicted octanol–water partition coefficient (Wildman–Crippen LogP) is 1.07. The lowest BCUT2D eigenvalue weighted by Crippen LogP contribution is -2.52. The van der Waals surface area contributed by atoms with Crippen molar-refractivity contribution in [2.24, 2.45) is 11.8 Å². The summed E-state index contributed by atoms with van der Waals surface area (Å²) >= 11 is 0. The summed E-state index contributed by atoms with van der Waals surface area (Å²) in [4.78, 5) is 16.6. The molecule has 1 amide bonds. The number of nitriles is 1. The maximum absolute atomic E-state index is 12.2. The minimum atomic E-state index is -0.815. The number of likely N-dealkylation sites (N-methyl/N-ethyl adjacent to an activating group) is 1. The molecule has 0 aliphatic carbocycles. The number of likely N-dealkylation sites (tertiary alicyclic amines) is 1. The highest BCUT2D eigenvalue weighted by molar-refractivity contribution is 5.79. The zero-order chi connectivity index (χ0) is 18.3. The number of β-amino-alcohol motifs (C(OH)–C–C–N with tert-alkyl or cyclic N) is 1. The SMILES string of the molecule is CC(O)CN1CCC(CN(C)CC(=O)NC(C)(C#N)C(C)C)CC1. The third-order valence-electron chi connectivity index (χ3n) is 5.00. The quantitative estimate of drug-likeness (QED) is 0.692. The molecule has 24 heavy (non-hydrogen) atoms. The van der Waals surface area contributed by atoms with E-state index in [1.807, 2.05) is 32.7 Å². The van der Waals surface area contributed by atoms with Crippen LogP contribution >= 0.6 is 0 Å². The first kappa shape index (κ1) is 20.9. The van der Waals surface area contributed by atoms with E-state index in [1.165, 1.54) is 0 Å². The van der Waals surface area contributed by atoms with Crippen LogP contribution in [0, 0.1) is 23.2 Å². The van der Waals surface area contributed by atoms with Crippen LogP contribution in [-0.2, 0) is 4.79 Å². The molecule has 1 fully saturated rings. The molecule has 0 bridgehead atoms. The summed E-state index contributed by atoms with van der Waals surface area (Å²) in [5.74, 6) is 0.553. The monoisotopic (exact) mass is 338 g/mol. The molecule has 1 aliphatic rings. The van der Waals surface area contributed by atoms with E-state index in [0.717, 1.165) is 39.0 Å². The van der Waals surface area contributed by atoms with E-state index in [0.29, 0.717) is 12.5 Å². The van der Waals surface area contributed by atoms with Crippen molar-refractivity contribution < 1.29 is 9.90 Å². The van der Waals surface area contributed by atoms with Crippen LogP contribution in [-0.4, -0.2) is 72.2 Å². The van der Waals surface area contributed by atoms with Crippen molar-refractivity contribution in [3.8, 4) is 6.07 Å². The molecule has 0 spiro atoms. The van der Waals surface area contributed by atoms with E-state index in [-0.39, 0.29) is 17.9 Å². The second-order valence-electron chi connectivity index (χ2n) is 7.81. The highest BCUT2D eigenvalue weighted by Gasteiger charge is 2.30. The van der Waals surface area contributed by atoms with Crippen LogP contribution < -0.4 is 5.32 Å². The van der Waals surface area contributed by atoms with E-state index in [9.17, 15) is 15.2 Å². The van der Waals surface area contributed by atoms with Crippen molar-refractivity contribution in [1.29, 1.82) is 5.26 Å². The van der Waals surface area contributed by atoms with Crippen LogP contribution in [0.2, 0.25) is 0 Å². The number of aliphatic hydroxyl groups excluding tert-OH is 1. The fourth-order valence-corrected chi connectivity index (χ4v) is 3.11. The van der Waals surface area contributed by atoms with Crippen LogP contribution in [0.3, 0.4) is 0 Å². The molecular weight excluding hydrogens is 304 g/mol. The van der Waals surface area contributed by atoms with Crippen molar-refractivity contribution in [2.45, 2.75) is 52.2 Å². The Balaban J connectivity index is 2.35. The molecule has 1 rings (SSSR count). The van der Waals surface area contributed by atoms with Gasteiger partial charge in [-0.05, 0) is 58.7 Å². The Morgan fingerprint density at radius 3 is 2.46 bits per heavy atom. The maximum Gasteiger partial charge on any atom is 0.235 e. The molecule has 1 heterocycles. The summed E-state index contributed by atoms with van der Waals surface area (Å²) in [6.45, 7) is 11.4. The second kappa shape index (κ2) is 9.36. The summed E-state index contributed by atoms with van der Waals surface area (Å²) in [5, 5.41) is 21.6. The van der Waals surface area contributed by atoms with Gasteiger partial charge in [0, 0.05) is 13.1 Å². The lowest BCUT2D eigenvalue weighted by atomic mass is 9.90. The Labute approximate surface area is 146 Å². The van der Waals surface area contributed by atoms with E-state index in [2.05, 4.69) is 16.3 Å². The molecular formula is C18H34N4O2. The number of hydrogen-bond acceptors (Lipinski definition) is 5. The number of carbonyl (C=O) groups excluding carboxylic acids is 1. The van der Waals surface area contributed by atoms with Gasteiger partial charge in [0.05, 0.1) is 18.7 Å². The average Bonchev–Trinajstić information content (AvgIpc) is 2.48. The highest BCUT2D eigenvalue weighted by Crippen LogP contribution is 2.18. The van der Waals surface area contributed by atoms with E-state index in [4.69, 9.17) is 0 Å². The zero-order valence-corrected chi connectivity index (χ0v) is 15.9. The largest absolute Gasteiger partial charge is 0.392 e. The van der Waals surface area contributed by atoms with Gasteiger partial charge >= 0.3 is 0 Å². The summed E-state index contributed by atoms with van der Waals surface area (Å²) in [5.41, 5.74) is -0.815. The lowest BCUT2D eigenvalue weighted by molar-refractivity contribution is -0.123. The first-order valence-corrected chi connectivity index (χ1v) is 8.97. The van der Waals surface area contributed by atoms with Gasteiger partial charge in [0.25, 0.3) is 0 Å². The summed E-state index contributed by atoms with van der Waals surface area (Å²) in [7, 11) is 1.96. The molecule has 2 unspecified atom stereocenters. The van der Waals surface area contributed by atoms with E-state index in [1.54, 1.807) is 6.92 Å². The Kier molecular flexibility index (Phi) is 8.14. The fraction of sp³-hybridized carbons (Fsp3) is 0.889. The first-order chi connectivity index (χ1) is 11.2. The molecule has 1 saturated heterocycles. The van der Waals surface area contributed by atoms with E-state index >= 15 is 0 Å². The van der Waals surface area contributed by atoms with Crippen LogP contribution in [0.5, 0.6) is 0 Å². The Morgan fingerprint density at radius 2 is 2.00 bits per heavy atom. The Morgan fingerprint density at radius 1 is 1.42 bits per heavy atom. The molecule has 2 atom stereocenters. The maximum atomic E-state index is 12.2. The standard InChI is InChI=1S/C18H34N4O2/c1-14(2)18(4,13-19)20-17(24)12-21(5)11-16-6-8-22(9-7-16)10-15(3)23/h14-16,23H,6-12H2,1-5H3,(H,20,24). The van der Waals surface area contributed by atoms with E-state index < -0.39 is 5.54 Å². The number of aliphatic hydroxyl groups is 1. The van der Waals surface area contributed by atoms with Gasteiger partial charge in [-0.2, -0.15) is 5.26 Å². The lowest BCUT2D eigenvalue weighted by Gasteiger charge is -2.34. The number of piperidine rings is 1. The number of hydrogen-bond donors (Lipinski definition) is 2. The number of nitrogens with one attached hydrogen (secondary N) is 1. The third-order valence-corrected chi connectivity index (χ3v) is 5.00. The Bertz CT molecular complexity index is 439. The van der Waals surface area contributed by atoms with Crippen molar-refractivity contribution in [3.63, 3.8) is 0 Å².